The van der Waals surface area contributed by atoms with Crippen LogP contribution in [0.3, 0.4) is 0 Å². The van der Waals surface area contributed by atoms with Crippen LogP contribution < -0.4 is 0 Å². The van der Waals surface area contributed by atoms with Crippen molar-refractivity contribution >= 4 is 51.6 Å². The Bertz CT molecular complexity index is 1330. The zero-order valence-corrected chi connectivity index (χ0v) is 20.5. The number of aliphatic imine (C=N–C) groups is 1. The van der Waals surface area contributed by atoms with Gasteiger partial charge in [-0.15, -0.1) is 22.7 Å². The number of hydrogen-bond donors (Lipinski definition) is 0. The predicted octanol–water partition coefficient (Wildman–Crippen LogP) is 8.90. The molecule has 0 saturated carbocycles. The minimum Gasteiger partial charge on any atom is -0.294 e. The number of thiophene rings is 2. The van der Waals surface area contributed by atoms with Gasteiger partial charge in [-0.3, -0.25) is 4.79 Å². The molecule has 0 N–H and O–H groups in total. The van der Waals surface area contributed by atoms with Crippen molar-refractivity contribution in [2.75, 3.05) is 0 Å². The third-order valence-electron chi connectivity index (χ3n) is 5.56. The summed E-state index contributed by atoms with van der Waals surface area (Å²) in [7, 11) is 0. The molecule has 0 aliphatic carbocycles. The van der Waals surface area contributed by atoms with Gasteiger partial charge in [0.25, 0.3) is 0 Å². The minimum atomic E-state index is 0. The highest BCUT2D eigenvalue weighted by molar-refractivity contribution is 7.99. The Morgan fingerprint density at radius 1 is 0.970 bits per heavy atom. The van der Waals surface area contributed by atoms with E-state index in [1.165, 1.54) is 25.8 Å². The molecule has 0 bridgehead atoms. The van der Waals surface area contributed by atoms with Gasteiger partial charge in [-0.05, 0) is 78.9 Å². The van der Waals surface area contributed by atoms with Gasteiger partial charge in [-0.1, -0.05) is 43.5 Å². The molecule has 2 nitrogen and oxygen atoms in total. The van der Waals surface area contributed by atoms with Crippen molar-refractivity contribution in [3.63, 3.8) is 0 Å². The molecule has 0 amide bonds. The van der Waals surface area contributed by atoms with E-state index in [2.05, 4.69) is 67.1 Å². The highest BCUT2D eigenvalue weighted by Crippen LogP contribution is 2.42. The van der Waals surface area contributed by atoms with Crippen LogP contribution in [0.1, 0.15) is 57.1 Å². The van der Waals surface area contributed by atoms with Crippen LogP contribution in [0.4, 0.5) is 5.69 Å². The minimum absolute atomic E-state index is 0. The summed E-state index contributed by atoms with van der Waals surface area (Å²) in [5.74, 6) is 0.192. The Balaban J connectivity index is 0.00000259. The first kappa shape index (κ1) is 23.7. The molecule has 0 unspecified atom stereocenters. The average Bonchev–Trinajstić information content (AvgIpc) is 3.36. The summed E-state index contributed by atoms with van der Waals surface area (Å²) < 4.78 is 0. The standard InChI is InChI=1S/C27H23NOS3.CH4/c1-17-14-20(31-16-17)6-5-8-23(29)19-10-11-25-22(15-19)28-26(27-18(2)12-13-30-27)21-7-3-4-9-24(21)32-25;/h3-4,7,9-16H,5-6,8H2,1-2H3;1H4. The third-order valence-corrected chi connectivity index (χ3v) is 8.84. The molecule has 3 heterocycles. The summed E-state index contributed by atoms with van der Waals surface area (Å²) in [6.45, 7) is 4.24. The van der Waals surface area contributed by atoms with Gasteiger partial charge in [0.2, 0.25) is 0 Å². The van der Waals surface area contributed by atoms with E-state index in [1.807, 2.05) is 12.1 Å². The number of ketones is 1. The molecule has 5 rings (SSSR count). The second kappa shape index (κ2) is 10.2. The molecule has 1 aliphatic heterocycles. The molecule has 0 spiro atoms. The van der Waals surface area contributed by atoms with Crippen molar-refractivity contribution in [1.29, 1.82) is 0 Å². The molecule has 1 aliphatic rings. The highest BCUT2D eigenvalue weighted by Gasteiger charge is 2.21. The topological polar surface area (TPSA) is 29.4 Å². The maximum Gasteiger partial charge on any atom is 0.162 e. The van der Waals surface area contributed by atoms with Crippen LogP contribution in [0.25, 0.3) is 0 Å². The van der Waals surface area contributed by atoms with Crippen molar-refractivity contribution in [3.8, 4) is 0 Å². The van der Waals surface area contributed by atoms with Crippen molar-refractivity contribution in [1.82, 2.24) is 0 Å². The molecule has 4 aromatic rings. The first-order valence-electron chi connectivity index (χ1n) is 10.7. The van der Waals surface area contributed by atoms with E-state index in [0.29, 0.717) is 6.42 Å². The van der Waals surface area contributed by atoms with Crippen LogP contribution in [0.5, 0.6) is 0 Å². The maximum atomic E-state index is 12.9. The first-order chi connectivity index (χ1) is 15.6. The van der Waals surface area contributed by atoms with E-state index in [0.717, 1.165) is 40.3 Å². The molecule has 2 aromatic heterocycles. The van der Waals surface area contributed by atoms with E-state index in [1.54, 1.807) is 34.4 Å². The number of rotatable bonds is 6. The Morgan fingerprint density at radius 2 is 1.82 bits per heavy atom. The van der Waals surface area contributed by atoms with Crippen LogP contribution in [-0.2, 0) is 6.42 Å². The number of Topliss-reactive ketones (excluding diaryl/α,β-unsaturated/α-hetero) is 1. The summed E-state index contributed by atoms with van der Waals surface area (Å²) in [4.78, 5) is 22.9. The SMILES string of the molecule is C.Cc1csc(CCCC(=O)c2ccc3c(c2)N=C(c2sccc2C)c2ccccc2S3)c1. The van der Waals surface area contributed by atoms with Crippen molar-refractivity contribution in [2.24, 2.45) is 4.99 Å². The van der Waals surface area contributed by atoms with E-state index in [9.17, 15) is 4.79 Å². The monoisotopic (exact) mass is 489 g/mol. The van der Waals surface area contributed by atoms with Gasteiger partial charge in [0.1, 0.15) is 0 Å². The number of carbonyl (C=O) groups is 1. The van der Waals surface area contributed by atoms with Crippen LogP contribution in [0, 0.1) is 13.8 Å². The van der Waals surface area contributed by atoms with Crippen LogP contribution in [0.2, 0.25) is 0 Å². The Labute approximate surface area is 208 Å². The van der Waals surface area contributed by atoms with Gasteiger partial charge in [-0.25, -0.2) is 4.99 Å². The molecular weight excluding hydrogens is 463 g/mol. The number of nitrogens with zero attached hydrogens (tertiary/aromatic N) is 1. The van der Waals surface area contributed by atoms with Gasteiger partial charge in [-0.2, -0.15) is 0 Å². The predicted molar refractivity (Wildman–Crippen MR) is 144 cm³/mol. The lowest BCUT2D eigenvalue weighted by Crippen LogP contribution is -2.03. The molecule has 0 saturated heterocycles. The quantitative estimate of drug-likeness (QED) is 0.223. The molecule has 0 atom stereocenters. The second-order valence-electron chi connectivity index (χ2n) is 8.04. The molecule has 5 heteroatoms. The summed E-state index contributed by atoms with van der Waals surface area (Å²) >= 11 is 5.23. The zero-order valence-electron chi connectivity index (χ0n) is 18.1. The fraction of sp³-hybridized carbons (Fsp3) is 0.214. The highest BCUT2D eigenvalue weighted by atomic mass is 32.2. The maximum absolute atomic E-state index is 12.9. The Morgan fingerprint density at radius 3 is 2.58 bits per heavy atom. The van der Waals surface area contributed by atoms with E-state index >= 15 is 0 Å². The van der Waals surface area contributed by atoms with Crippen LogP contribution >= 0.6 is 34.4 Å². The normalized spacial score (nSPS) is 12.2. The van der Waals surface area contributed by atoms with Crippen molar-refractivity contribution in [3.05, 3.63) is 97.4 Å². The molecular formula is C28H27NOS3. The van der Waals surface area contributed by atoms with Gasteiger partial charge in [0, 0.05) is 32.2 Å². The zero-order chi connectivity index (χ0) is 22.1. The summed E-state index contributed by atoms with van der Waals surface area (Å²) in [6, 6.07) is 18.8. The first-order valence-corrected chi connectivity index (χ1v) is 13.3. The van der Waals surface area contributed by atoms with Gasteiger partial charge < -0.3 is 0 Å². The number of fused-ring (bicyclic) bond motifs is 2. The van der Waals surface area contributed by atoms with E-state index < -0.39 is 0 Å². The fourth-order valence-corrected chi connectivity index (χ4v) is 6.75. The van der Waals surface area contributed by atoms with Gasteiger partial charge in [0.05, 0.1) is 16.3 Å². The van der Waals surface area contributed by atoms with Crippen LogP contribution in [0.15, 0.2) is 80.1 Å². The van der Waals surface area contributed by atoms with Crippen molar-refractivity contribution in [2.45, 2.75) is 50.3 Å². The number of hydrogen-bond acceptors (Lipinski definition) is 5. The lowest BCUT2D eigenvalue weighted by atomic mass is 10.0. The van der Waals surface area contributed by atoms with E-state index in [-0.39, 0.29) is 13.2 Å². The summed E-state index contributed by atoms with van der Waals surface area (Å²) in [5, 5.41) is 4.29. The lowest BCUT2D eigenvalue weighted by Gasteiger charge is -2.08. The van der Waals surface area contributed by atoms with E-state index in [4.69, 9.17) is 4.99 Å². The van der Waals surface area contributed by atoms with Crippen LogP contribution in [-0.4, -0.2) is 11.5 Å². The molecule has 0 radical (unpaired) electrons. The largest absolute Gasteiger partial charge is 0.294 e. The Kier molecular flexibility index (Phi) is 7.32. The summed E-state index contributed by atoms with van der Waals surface area (Å²) in [6.07, 6.45) is 2.39. The lowest BCUT2D eigenvalue weighted by molar-refractivity contribution is 0.0980. The smallest absolute Gasteiger partial charge is 0.162 e. The third kappa shape index (κ3) is 5.06. The average molecular weight is 490 g/mol. The molecule has 0 fully saturated rings. The number of carbonyl (C=O) groups excluding carboxylic acids is 1. The fourth-order valence-electron chi connectivity index (χ4n) is 3.89. The molecule has 168 valence electrons. The van der Waals surface area contributed by atoms with Gasteiger partial charge >= 0.3 is 0 Å². The number of benzene rings is 2. The number of aryl methyl sites for hydroxylation is 3. The van der Waals surface area contributed by atoms with Crippen molar-refractivity contribution < 1.29 is 4.79 Å². The molecule has 2 aromatic carbocycles. The Hall–Kier alpha value is -2.47. The summed E-state index contributed by atoms with van der Waals surface area (Å²) in [5.41, 5.74) is 6.32. The van der Waals surface area contributed by atoms with Gasteiger partial charge in [0.15, 0.2) is 5.78 Å². The molecule has 33 heavy (non-hydrogen) atoms. The second-order valence-corrected chi connectivity index (χ2v) is 11.0.